The molecular weight excluding hydrogens is 360 g/mol. The smallest absolute Gasteiger partial charge is 0.261 e. The summed E-state index contributed by atoms with van der Waals surface area (Å²) in [4.78, 5) is 35.0. The minimum Gasteiger partial charge on any atom is -0.261 e. The van der Waals surface area contributed by atoms with Crippen molar-refractivity contribution >= 4 is 5.69 Å². The summed E-state index contributed by atoms with van der Waals surface area (Å²) < 4.78 is 30.1. The van der Waals surface area contributed by atoms with Crippen LogP contribution in [0.15, 0.2) is 76.4 Å². The first kappa shape index (κ1) is 18.2. The molecule has 1 aromatic heterocycles. The van der Waals surface area contributed by atoms with Gasteiger partial charge in [0, 0.05) is 11.1 Å². The average molecular weight is 373 g/mol. The maximum absolute atomic E-state index is 14.9. The lowest BCUT2D eigenvalue weighted by Gasteiger charge is -2.16. The van der Waals surface area contributed by atoms with Gasteiger partial charge in [-0.2, -0.15) is 0 Å². The van der Waals surface area contributed by atoms with E-state index in [1.165, 1.54) is 48.5 Å². The highest BCUT2D eigenvalue weighted by Crippen LogP contribution is 2.21. The van der Waals surface area contributed by atoms with E-state index in [-0.39, 0.29) is 15.7 Å². The molecule has 27 heavy (non-hydrogen) atoms. The fraction of sp³-hybridized carbons (Fsp3) is 0.111. The Bertz CT molecular complexity index is 1080. The van der Waals surface area contributed by atoms with Crippen LogP contribution in [-0.4, -0.2) is 14.1 Å². The van der Waals surface area contributed by atoms with E-state index >= 15 is 0 Å². The number of aromatic nitrogens is 2. The summed E-state index contributed by atoms with van der Waals surface area (Å²) in [6.07, 6.45) is -3.94. The topological polar surface area (TPSA) is 87.1 Å². The lowest BCUT2D eigenvalue weighted by molar-refractivity contribution is -0.387. The third-order valence-corrected chi connectivity index (χ3v) is 3.94. The van der Waals surface area contributed by atoms with E-state index in [0.29, 0.717) is 10.8 Å². The molecule has 2 aromatic carbocycles. The number of hydrogen-bond donors (Lipinski definition) is 0. The van der Waals surface area contributed by atoms with E-state index < -0.39 is 34.5 Å². The minimum absolute atomic E-state index is 0.0224. The lowest BCUT2D eigenvalue weighted by atomic mass is 10.2. The fourth-order valence-corrected chi connectivity index (χ4v) is 2.60. The molecule has 9 heteroatoms. The Hall–Kier alpha value is -3.62. The van der Waals surface area contributed by atoms with Crippen molar-refractivity contribution in [2.24, 2.45) is 0 Å². The Morgan fingerprint density at radius 3 is 1.81 bits per heavy atom. The van der Waals surface area contributed by atoms with Crippen molar-refractivity contribution in [3.8, 4) is 0 Å². The molecule has 0 aliphatic carbocycles. The summed E-state index contributed by atoms with van der Waals surface area (Å²) in [6.45, 7) is 0. The van der Waals surface area contributed by atoms with Crippen molar-refractivity contribution < 1.29 is 13.7 Å². The summed E-state index contributed by atoms with van der Waals surface area (Å²) in [5, 5.41) is 11.2. The second-order valence-corrected chi connectivity index (χ2v) is 5.63. The lowest BCUT2D eigenvalue weighted by Crippen LogP contribution is -2.42. The molecule has 0 bridgehead atoms. The zero-order valence-electron chi connectivity index (χ0n) is 13.7. The van der Waals surface area contributed by atoms with Gasteiger partial charge >= 0.3 is 16.9 Å². The van der Waals surface area contributed by atoms with E-state index in [0.717, 1.165) is 0 Å². The number of nitrogens with zero attached hydrogens (tertiary/aromatic N) is 3. The molecule has 0 N–H and O–H groups in total. The molecule has 0 aliphatic rings. The van der Waals surface area contributed by atoms with Gasteiger partial charge in [-0.3, -0.25) is 19.5 Å². The molecule has 0 fully saturated rings. The maximum atomic E-state index is 14.9. The van der Waals surface area contributed by atoms with Gasteiger partial charge in [0.2, 0.25) is 12.6 Å². The standard InChI is InChI=1S/C18H13F2N3O4/c19-15(12-7-3-1-4-8-12)21-11-14(23(26)27)17(24)22(18(21)25)16(20)13-9-5-2-6-10-13/h1-11,15-16H. The third-order valence-electron chi connectivity index (χ3n) is 3.94. The second-order valence-electron chi connectivity index (χ2n) is 5.63. The van der Waals surface area contributed by atoms with Crippen LogP contribution in [0.25, 0.3) is 0 Å². The van der Waals surface area contributed by atoms with Crippen LogP contribution in [0.3, 0.4) is 0 Å². The van der Waals surface area contributed by atoms with Crippen molar-refractivity contribution in [3.63, 3.8) is 0 Å². The molecule has 1 heterocycles. The molecule has 0 saturated carbocycles. The Morgan fingerprint density at radius 2 is 1.33 bits per heavy atom. The SMILES string of the molecule is O=c1c([N+](=O)[O-])cn(C(F)c2ccccc2)c(=O)n1C(F)c1ccccc1. The van der Waals surface area contributed by atoms with Crippen molar-refractivity contribution in [1.29, 1.82) is 0 Å². The summed E-state index contributed by atoms with van der Waals surface area (Å²) in [5.41, 5.74) is -3.93. The van der Waals surface area contributed by atoms with Crippen LogP contribution in [0, 0.1) is 10.1 Å². The largest absolute Gasteiger partial charge is 0.350 e. The number of rotatable bonds is 5. The highest BCUT2D eigenvalue weighted by molar-refractivity contribution is 5.26. The maximum Gasteiger partial charge on any atom is 0.350 e. The van der Waals surface area contributed by atoms with E-state index in [1.807, 2.05) is 0 Å². The zero-order valence-corrected chi connectivity index (χ0v) is 13.7. The van der Waals surface area contributed by atoms with E-state index in [4.69, 9.17) is 0 Å². The molecule has 138 valence electrons. The minimum atomic E-state index is -2.31. The van der Waals surface area contributed by atoms with Gasteiger partial charge < -0.3 is 0 Å². The number of hydrogen-bond acceptors (Lipinski definition) is 4. The molecule has 0 aliphatic heterocycles. The fourth-order valence-electron chi connectivity index (χ4n) is 2.60. The molecule has 0 amide bonds. The van der Waals surface area contributed by atoms with Crippen molar-refractivity contribution in [1.82, 2.24) is 9.13 Å². The Morgan fingerprint density at radius 1 is 0.852 bits per heavy atom. The van der Waals surface area contributed by atoms with Gasteiger partial charge in [0.15, 0.2) is 0 Å². The number of halogens is 2. The van der Waals surface area contributed by atoms with Crippen LogP contribution in [0.4, 0.5) is 14.5 Å². The monoisotopic (exact) mass is 373 g/mol. The first-order valence-electron chi connectivity index (χ1n) is 7.82. The summed E-state index contributed by atoms with van der Waals surface area (Å²) in [5.74, 6) is 0. The van der Waals surface area contributed by atoms with Crippen molar-refractivity contribution in [2.75, 3.05) is 0 Å². The van der Waals surface area contributed by atoms with Gasteiger partial charge in [0.05, 0.1) is 11.1 Å². The molecular formula is C18H13F2N3O4. The quantitative estimate of drug-likeness (QED) is 0.508. The Labute approximate surface area is 150 Å². The molecule has 7 nitrogen and oxygen atoms in total. The van der Waals surface area contributed by atoms with E-state index in [2.05, 4.69) is 0 Å². The van der Waals surface area contributed by atoms with Gasteiger partial charge in [0.1, 0.15) is 0 Å². The summed E-state index contributed by atoms with van der Waals surface area (Å²) in [7, 11) is 0. The van der Waals surface area contributed by atoms with Gasteiger partial charge in [-0.05, 0) is 0 Å². The van der Waals surface area contributed by atoms with Crippen LogP contribution >= 0.6 is 0 Å². The first-order chi connectivity index (χ1) is 12.9. The predicted octanol–water partition coefficient (Wildman–Crippen LogP) is 2.95. The van der Waals surface area contributed by atoms with E-state index in [9.17, 15) is 28.5 Å². The summed E-state index contributed by atoms with van der Waals surface area (Å²) in [6, 6.07) is 14.5. The van der Waals surface area contributed by atoms with Crippen LogP contribution < -0.4 is 11.2 Å². The zero-order chi connectivity index (χ0) is 19.6. The molecule has 2 atom stereocenters. The number of alkyl halides is 2. The van der Waals surface area contributed by atoms with Crippen LogP contribution in [-0.2, 0) is 0 Å². The molecule has 0 spiro atoms. The van der Waals surface area contributed by atoms with Gasteiger partial charge in [-0.25, -0.2) is 18.1 Å². The average Bonchev–Trinajstić information content (AvgIpc) is 2.68. The normalized spacial score (nSPS) is 13.1. The van der Waals surface area contributed by atoms with Crippen molar-refractivity contribution in [3.05, 3.63) is 109 Å². The highest BCUT2D eigenvalue weighted by atomic mass is 19.1. The van der Waals surface area contributed by atoms with Crippen LogP contribution in [0.5, 0.6) is 0 Å². The Kier molecular flexibility index (Phi) is 4.93. The number of nitro groups is 1. The predicted molar refractivity (Wildman–Crippen MR) is 93.0 cm³/mol. The first-order valence-corrected chi connectivity index (χ1v) is 7.82. The van der Waals surface area contributed by atoms with Crippen LogP contribution in [0.2, 0.25) is 0 Å². The Balaban J connectivity index is 2.25. The van der Waals surface area contributed by atoms with Gasteiger partial charge in [0.25, 0.3) is 0 Å². The van der Waals surface area contributed by atoms with Crippen molar-refractivity contribution in [2.45, 2.75) is 12.6 Å². The van der Waals surface area contributed by atoms with Gasteiger partial charge in [-0.1, -0.05) is 60.7 Å². The molecule has 0 saturated heterocycles. The number of benzene rings is 2. The molecule has 3 rings (SSSR count). The highest BCUT2D eigenvalue weighted by Gasteiger charge is 2.28. The third kappa shape index (κ3) is 3.39. The summed E-state index contributed by atoms with van der Waals surface area (Å²) >= 11 is 0. The molecule has 0 radical (unpaired) electrons. The van der Waals surface area contributed by atoms with Crippen LogP contribution in [0.1, 0.15) is 23.7 Å². The second kappa shape index (κ2) is 7.32. The van der Waals surface area contributed by atoms with E-state index in [1.54, 1.807) is 12.1 Å². The molecule has 2 unspecified atom stereocenters. The molecule has 3 aromatic rings. The van der Waals surface area contributed by atoms with Gasteiger partial charge in [-0.15, -0.1) is 0 Å².